The SMILES string of the molecule is c1ccc(-c2ccn3ncnc3c2-c2cccnc2)cc1. The average Bonchev–Trinajstić information content (AvgIpc) is 3.04. The molecule has 0 atom stereocenters. The van der Waals surface area contributed by atoms with E-state index in [1.165, 1.54) is 0 Å². The molecule has 0 bridgehead atoms. The first kappa shape index (κ1) is 11.8. The molecule has 4 aromatic rings. The zero-order valence-electron chi connectivity index (χ0n) is 11.2. The van der Waals surface area contributed by atoms with Crippen LogP contribution in [0.5, 0.6) is 0 Å². The fraction of sp³-hybridized carbons (Fsp3) is 0. The summed E-state index contributed by atoms with van der Waals surface area (Å²) in [6, 6.07) is 16.3. The Kier molecular flexibility index (Phi) is 2.71. The minimum Gasteiger partial charge on any atom is -0.264 e. The summed E-state index contributed by atoms with van der Waals surface area (Å²) in [5, 5.41) is 4.22. The minimum absolute atomic E-state index is 0.837. The van der Waals surface area contributed by atoms with Crippen molar-refractivity contribution in [3.8, 4) is 22.3 Å². The van der Waals surface area contributed by atoms with Gasteiger partial charge >= 0.3 is 0 Å². The molecule has 4 rings (SSSR count). The van der Waals surface area contributed by atoms with Crippen molar-refractivity contribution < 1.29 is 0 Å². The monoisotopic (exact) mass is 272 g/mol. The summed E-state index contributed by atoms with van der Waals surface area (Å²) in [4.78, 5) is 8.63. The number of hydrogen-bond acceptors (Lipinski definition) is 3. The van der Waals surface area contributed by atoms with E-state index in [2.05, 4.69) is 33.3 Å². The highest BCUT2D eigenvalue weighted by atomic mass is 15.3. The zero-order valence-corrected chi connectivity index (χ0v) is 11.2. The van der Waals surface area contributed by atoms with Gasteiger partial charge in [-0.15, -0.1) is 0 Å². The Morgan fingerprint density at radius 1 is 0.857 bits per heavy atom. The van der Waals surface area contributed by atoms with Crippen LogP contribution < -0.4 is 0 Å². The summed E-state index contributed by atoms with van der Waals surface area (Å²) in [5.41, 5.74) is 5.21. The lowest BCUT2D eigenvalue weighted by Gasteiger charge is -2.10. The van der Waals surface area contributed by atoms with Crippen LogP contribution in [0.2, 0.25) is 0 Å². The van der Waals surface area contributed by atoms with Gasteiger partial charge in [0.2, 0.25) is 0 Å². The molecule has 100 valence electrons. The number of aromatic nitrogens is 4. The van der Waals surface area contributed by atoms with E-state index in [1.54, 1.807) is 17.0 Å². The Balaban J connectivity index is 2.08. The number of benzene rings is 1. The van der Waals surface area contributed by atoms with Crippen LogP contribution in [-0.2, 0) is 0 Å². The van der Waals surface area contributed by atoms with Gasteiger partial charge in [0.15, 0.2) is 5.65 Å². The van der Waals surface area contributed by atoms with E-state index >= 15 is 0 Å². The fourth-order valence-electron chi connectivity index (χ4n) is 2.54. The summed E-state index contributed by atoms with van der Waals surface area (Å²) >= 11 is 0. The van der Waals surface area contributed by atoms with Crippen molar-refractivity contribution in [3.63, 3.8) is 0 Å². The quantitative estimate of drug-likeness (QED) is 0.561. The normalized spacial score (nSPS) is 10.9. The molecule has 21 heavy (non-hydrogen) atoms. The van der Waals surface area contributed by atoms with Crippen LogP contribution in [0.1, 0.15) is 0 Å². The van der Waals surface area contributed by atoms with Crippen molar-refractivity contribution in [1.29, 1.82) is 0 Å². The van der Waals surface area contributed by atoms with E-state index in [0.717, 1.165) is 27.9 Å². The molecule has 0 spiro atoms. The van der Waals surface area contributed by atoms with Crippen LogP contribution in [0.3, 0.4) is 0 Å². The Labute approximate surface area is 121 Å². The summed E-state index contributed by atoms with van der Waals surface area (Å²) in [7, 11) is 0. The summed E-state index contributed by atoms with van der Waals surface area (Å²) in [6.45, 7) is 0. The molecule has 3 aromatic heterocycles. The maximum Gasteiger partial charge on any atom is 0.163 e. The number of hydrogen-bond donors (Lipinski definition) is 0. The molecular weight excluding hydrogens is 260 g/mol. The molecule has 0 aliphatic heterocycles. The standard InChI is InChI=1S/C17H12N4/c1-2-5-13(6-3-1)15-8-10-21-17(19-12-20-21)16(15)14-7-4-9-18-11-14/h1-12H. The van der Waals surface area contributed by atoms with E-state index < -0.39 is 0 Å². The maximum absolute atomic E-state index is 4.41. The predicted octanol–water partition coefficient (Wildman–Crippen LogP) is 3.46. The van der Waals surface area contributed by atoms with Crippen LogP contribution in [0.25, 0.3) is 27.9 Å². The lowest BCUT2D eigenvalue weighted by atomic mass is 9.97. The van der Waals surface area contributed by atoms with Crippen molar-refractivity contribution in [2.45, 2.75) is 0 Å². The maximum atomic E-state index is 4.41. The molecule has 3 heterocycles. The molecule has 0 aliphatic carbocycles. The van der Waals surface area contributed by atoms with Gasteiger partial charge in [0.05, 0.1) is 0 Å². The predicted molar refractivity (Wildman–Crippen MR) is 81.7 cm³/mol. The highest BCUT2D eigenvalue weighted by Crippen LogP contribution is 2.33. The zero-order chi connectivity index (χ0) is 14.1. The summed E-state index contributed by atoms with van der Waals surface area (Å²) < 4.78 is 1.79. The molecule has 4 heteroatoms. The second kappa shape index (κ2) is 4.83. The second-order valence-electron chi connectivity index (χ2n) is 4.74. The molecule has 0 radical (unpaired) electrons. The van der Waals surface area contributed by atoms with E-state index in [4.69, 9.17) is 0 Å². The van der Waals surface area contributed by atoms with Gasteiger partial charge in [0, 0.05) is 29.7 Å². The molecule has 0 saturated heterocycles. The first-order chi connectivity index (χ1) is 10.4. The van der Waals surface area contributed by atoms with Crippen molar-refractivity contribution in [3.05, 3.63) is 73.4 Å². The van der Waals surface area contributed by atoms with Crippen molar-refractivity contribution in [2.75, 3.05) is 0 Å². The van der Waals surface area contributed by atoms with Crippen LogP contribution in [0.15, 0.2) is 73.4 Å². The smallest absolute Gasteiger partial charge is 0.163 e. The average molecular weight is 272 g/mol. The first-order valence-electron chi connectivity index (χ1n) is 6.71. The number of fused-ring (bicyclic) bond motifs is 1. The highest BCUT2D eigenvalue weighted by molar-refractivity contribution is 5.91. The number of rotatable bonds is 2. The van der Waals surface area contributed by atoms with E-state index in [9.17, 15) is 0 Å². The third kappa shape index (κ3) is 1.97. The summed E-state index contributed by atoms with van der Waals surface area (Å²) in [6.07, 6.45) is 7.14. The van der Waals surface area contributed by atoms with Crippen molar-refractivity contribution in [2.24, 2.45) is 0 Å². The van der Waals surface area contributed by atoms with Gasteiger partial charge in [-0.05, 0) is 23.3 Å². The third-order valence-electron chi connectivity index (χ3n) is 3.48. The van der Waals surface area contributed by atoms with Crippen LogP contribution in [-0.4, -0.2) is 19.6 Å². The van der Waals surface area contributed by atoms with Gasteiger partial charge in [0.25, 0.3) is 0 Å². The van der Waals surface area contributed by atoms with E-state index in [-0.39, 0.29) is 0 Å². The van der Waals surface area contributed by atoms with Crippen LogP contribution in [0, 0.1) is 0 Å². The number of pyridine rings is 2. The molecular formula is C17H12N4. The van der Waals surface area contributed by atoms with Gasteiger partial charge in [-0.2, -0.15) is 5.10 Å². The van der Waals surface area contributed by atoms with Crippen molar-refractivity contribution in [1.82, 2.24) is 19.6 Å². The fourth-order valence-corrected chi connectivity index (χ4v) is 2.54. The minimum atomic E-state index is 0.837. The molecule has 0 unspecified atom stereocenters. The first-order valence-corrected chi connectivity index (χ1v) is 6.71. The van der Waals surface area contributed by atoms with Crippen LogP contribution >= 0.6 is 0 Å². The van der Waals surface area contributed by atoms with E-state index in [0.29, 0.717) is 0 Å². The molecule has 4 nitrogen and oxygen atoms in total. The lowest BCUT2D eigenvalue weighted by Crippen LogP contribution is -1.94. The molecule has 0 amide bonds. The molecule has 0 aliphatic rings. The highest BCUT2D eigenvalue weighted by Gasteiger charge is 2.13. The van der Waals surface area contributed by atoms with E-state index in [1.807, 2.05) is 42.7 Å². The lowest BCUT2D eigenvalue weighted by molar-refractivity contribution is 0.962. The molecule has 0 fully saturated rings. The topological polar surface area (TPSA) is 43.1 Å². The third-order valence-corrected chi connectivity index (χ3v) is 3.48. The van der Waals surface area contributed by atoms with Gasteiger partial charge in [-0.3, -0.25) is 4.98 Å². The molecule has 0 saturated carbocycles. The number of nitrogens with zero attached hydrogens (tertiary/aromatic N) is 4. The molecule has 0 N–H and O–H groups in total. The largest absolute Gasteiger partial charge is 0.264 e. The van der Waals surface area contributed by atoms with Crippen LogP contribution in [0.4, 0.5) is 0 Å². The Morgan fingerprint density at radius 2 is 1.71 bits per heavy atom. The Morgan fingerprint density at radius 3 is 2.52 bits per heavy atom. The molecule has 1 aromatic carbocycles. The van der Waals surface area contributed by atoms with Gasteiger partial charge in [0.1, 0.15) is 6.33 Å². The summed E-state index contributed by atoms with van der Waals surface area (Å²) in [5.74, 6) is 0. The van der Waals surface area contributed by atoms with Crippen molar-refractivity contribution >= 4 is 5.65 Å². The van der Waals surface area contributed by atoms with Gasteiger partial charge in [-0.25, -0.2) is 9.50 Å². The Hall–Kier alpha value is -3.01. The second-order valence-corrected chi connectivity index (χ2v) is 4.74. The van der Waals surface area contributed by atoms with Gasteiger partial charge < -0.3 is 0 Å². The van der Waals surface area contributed by atoms with Gasteiger partial charge in [-0.1, -0.05) is 36.4 Å². The Bertz CT molecular complexity index is 882.